The van der Waals surface area contributed by atoms with Crippen molar-refractivity contribution in [1.82, 2.24) is 19.0 Å². The van der Waals surface area contributed by atoms with Crippen molar-refractivity contribution in [1.29, 1.82) is 0 Å². The molecule has 1 aliphatic heterocycles. The number of imidazole rings is 1. The fraction of sp³-hybridized carbons (Fsp3) is 0.258. The van der Waals surface area contributed by atoms with Crippen LogP contribution in [-0.4, -0.2) is 38.2 Å². The lowest BCUT2D eigenvalue weighted by Crippen LogP contribution is -2.38. The average Bonchev–Trinajstić information content (AvgIpc) is 3.35. The topological polar surface area (TPSA) is 69.4 Å². The molecule has 192 valence electrons. The van der Waals surface area contributed by atoms with Crippen molar-refractivity contribution in [2.75, 3.05) is 13.1 Å². The Morgan fingerprint density at radius 1 is 0.895 bits per heavy atom. The first-order valence-electron chi connectivity index (χ1n) is 13.1. The van der Waals surface area contributed by atoms with E-state index in [0.29, 0.717) is 25.2 Å². The van der Waals surface area contributed by atoms with Gasteiger partial charge in [-0.2, -0.15) is 0 Å². The molecular formula is C31H30N4O3. The lowest BCUT2D eigenvalue weighted by molar-refractivity contribution is 0.0865. The lowest BCUT2D eigenvalue weighted by Gasteiger charge is -2.31. The van der Waals surface area contributed by atoms with Gasteiger partial charge >= 0.3 is 6.09 Å². The van der Waals surface area contributed by atoms with E-state index in [-0.39, 0.29) is 24.2 Å². The molecule has 1 saturated heterocycles. The second kappa shape index (κ2) is 10.2. The number of carbonyl (C=O) groups excluding carboxylic acids is 1. The molecule has 6 rings (SSSR count). The molecule has 0 atom stereocenters. The first kappa shape index (κ1) is 24.0. The Labute approximate surface area is 220 Å². The summed E-state index contributed by atoms with van der Waals surface area (Å²) in [7, 11) is 1.82. The lowest BCUT2D eigenvalue weighted by atomic mass is 9.96. The van der Waals surface area contributed by atoms with E-state index >= 15 is 0 Å². The number of ether oxygens (including phenoxy) is 1. The maximum atomic E-state index is 13.6. The quantitative estimate of drug-likeness (QED) is 0.318. The minimum absolute atomic E-state index is 0.0460. The Kier molecular flexibility index (Phi) is 6.42. The summed E-state index contributed by atoms with van der Waals surface area (Å²) in [6, 6.07) is 27.8. The summed E-state index contributed by atoms with van der Waals surface area (Å²) < 4.78 is 9.38. The standard InChI is InChI=1S/C31H30N4O3/c1-33-26-15-9-8-14-25(26)27-28(30(33)36)35(20-22-10-4-2-5-11-22)29(32-27)24-16-18-34(19-17-24)31(37)38-21-23-12-6-3-7-13-23/h2-15,24H,16-21H2,1H3. The highest BCUT2D eigenvalue weighted by molar-refractivity contribution is 6.02. The van der Waals surface area contributed by atoms with Crippen LogP contribution in [0, 0.1) is 0 Å². The van der Waals surface area contributed by atoms with Gasteiger partial charge in [-0.1, -0.05) is 78.9 Å². The van der Waals surface area contributed by atoms with E-state index in [0.717, 1.165) is 46.2 Å². The number of aryl methyl sites for hydroxylation is 1. The number of carbonyl (C=O) groups is 1. The second-order valence-electron chi connectivity index (χ2n) is 9.92. The molecule has 0 unspecified atom stereocenters. The molecular weight excluding hydrogens is 476 g/mol. The van der Waals surface area contributed by atoms with Gasteiger partial charge in [-0.05, 0) is 30.0 Å². The summed E-state index contributed by atoms with van der Waals surface area (Å²) in [4.78, 5) is 33.2. The molecule has 0 aliphatic carbocycles. The number of amides is 1. The molecule has 2 aromatic heterocycles. The third kappa shape index (κ3) is 4.45. The van der Waals surface area contributed by atoms with Gasteiger partial charge in [0, 0.05) is 38.0 Å². The zero-order chi connectivity index (χ0) is 26.1. The van der Waals surface area contributed by atoms with Crippen LogP contribution in [0.5, 0.6) is 0 Å². The van der Waals surface area contributed by atoms with Gasteiger partial charge in [-0.25, -0.2) is 9.78 Å². The highest BCUT2D eigenvalue weighted by Crippen LogP contribution is 2.32. The van der Waals surface area contributed by atoms with Crippen LogP contribution in [0.2, 0.25) is 0 Å². The molecule has 5 aromatic rings. The number of fused-ring (bicyclic) bond motifs is 3. The van der Waals surface area contributed by atoms with Gasteiger partial charge in [-0.15, -0.1) is 0 Å². The monoisotopic (exact) mass is 506 g/mol. The summed E-state index contributed by atoms with van der Waals surface area (Å²) in [5, 5.41) is 0.972. The molecule has 0 N–H and O–H groups in total. The van der Waals surface area contributed by atoms with E-state index in [1.165, 1.54) is 0 Å². The van der Waals surface area contributed by atoms with Gasteiger partial charge in [0.15, 0.2) is 0 Å². The van der Waals surface area contributed by atoms with Crippen LogP contribution in [-0.2, 0) is 24.9 Å². The van der Waals surface area contributed by atoms with Crippen LogP contribution < -0.4 is 5.56 Å². The summed E-state index contributed by atoms with van der Waals surface area (Å²) in [6.45, 7) is 2.01. The highest BCUT2D eigenvalue weighted by atomic mass is 16.6. The predicted octanol–water partition coefficient (Wildman–Crippen LogP) is 5.45. The van der Waals surface area contributed by atoms with Crippen LogP contribution in [0.1, 0.15) is 35.7 Å². The number of aromatic nitrogens is 3. The summed E-state index contributed by atoms with van der Waals surface area (Å²) >= 11 is 0. The molecule has 3 aromatic carbocycles. The molecule has 0 spiro atoms. The Morgan fingerprint density at radius 2 is 1.53 bits per heavy atom. The van der Waals surface area contributed by atoms with Gasteiger partial charge in [0.05, 0.1) is 5.52 Å². The smallest absolute Gasteiger partial charge is 0.410 e. The molecule has 0 saturated carbocycles. The molecule has 1 aliphatic rings. The van der Waals surface area contributed by atoms with E-state index in [9.17, 15) is 9.59 Å². The summed E-state index contributed by atoms with van der Waals surface area (Å²) in [5.74, 6) is 1.04. The fourth-order valence-corrected chi connectivity index (χ4v) is 5.48. The van der Waals surface area contributed by atoms with Gasteiger partial charge < -0.3 is 18.8 Å². The van der Waals surface area contributed by atoms with Crippen LogP contribution >= 0.6 is 0 Å². The van der Waals surface area contributed by atoms with E-state index in [2.05, 4.69) is 16.7 Å². The Hall–Kier alpha value is -4.39. The zero-order valence-corrected chi connectivity index (χ0v) is 21.4. The van der Waals surface area contributed by atoms with Crippen molar-refractivity contribution < 1.29 is 9.53 Å². The number of hydrogen-bond donors (Lipinski definition) is 0. The van der Waals surface area contributed by atoms with Crippen molar-refractivity contribution >= 4 is 28.0 Å². The normalized spacial score (nSPS) is 14.3. The maximum absolute atomic E-state index is 13.6. The molecule has 1 fully saturated rings. The number of para-hydroxylation sites is 1. The number of rotatable bonds is 5. The molecule has 7 nitrogen and oxygen atoms in total. The Bertz CT molecular complexity index is 1650. The molecule has 1 amide bonds. The zero-order valence-electron chi connectivity index (χ0n) is 21.4. The number of piperidine rings is 1. The number of benzene rings is 3. The first-order valence-corrected chi connectivity index (χ1v) is 13.1. The molecule has 38 heavy (non-hydrogen) atoms. The van der Waals surface area contributed by atoms with Gasteiger partial charge in [0.25, 0.3) is 5.56 Å². The van der Waals surface area contributed by atoms with Gasteiger partial charge in [-0.3, -0.25) is 4.79 Å². The Balaban J connectivity index is 1.31. The van der Waals surface area contributed by atoms with Crippen molar-refractivity contribution in [3.8, 4) is 0 Å². The van der Waals surface area contributed by atoms with Crippen LogP contribution in [0.3, 0.4) is 0 Å². The van der Waals surface area contributed by atoms with Gasteiger partial charge in [0.1, 0.15) is 23.5 Å². The van der Waals surface area contributed by atoms with E-state index in [4.69, 9.17) is 9.72 Å². The third-order valence-electron chi connectivity index (χ3n) is 7.53. The molecule has 7 heteroatoms. The van der Waals surface area contributed by atoms with Crippen molar-refractivity contribution in [2.45, 2.75) is 31.9 Å². The number of nitrogens with zero attached hydrogens (tertiary/aromatic N) is 4. The van der Waals surface area contributed by atoms with E-state index in [1.807, 2.05) is 79.8 Å². The number of hydrogen-bond acceptors (Lipinski definition) is 4. The third-order valence-corrected chi connectivity index (χ3v) is 7.53. The highest BCUT2D eigenvalue weighted by Gasteiger charge is 2.30. The number of pyridine rings is 1. The largest absolute Gasteiger partial charge is 0.445 e. The Morgan fingerprint density at radius 3 is 2.24 bits per heavy atom. The van der Waals surface area contributed by atoms with Crippen molar-refractivity contribution in [2.24, 2.45) is 7.05 Å². The van der Waals surface area contributed by atoms with Gasteiger partial charge in [0.2, 0.25) is 0 Å². The molecule has 0 bridgehead atoms. The van der Waals surface area contributed by atoms with E-state index in [1.54, 1.807) is 9.47 Å². The SMILES string of the molecule is Cn1c(=O)c2c(nc(C3CCN(C(=O)OCc4ccccc4)CC3)n2Cc2ccccc2)c2ccccc21. The van der Waals surface area contributed by atoms with E-state index < -0.39 is 0 Å². The van der Waals surface area contributed by atoms with Crippen LogP contribution in [0.25, 0.3) is 21.9 Å². The fourth-order valence-electron chi connectivity index (χ4n) is 5.48. The second-order valence-corrected chi connectivity index (χ2v) is 9.92. The maximum Gasteiger partial charge on any atom is 0.410 e. The summed E-state index contributed by atoms with van der Waals surface area (Å²) in [5.41, 5.74) is 4.30. The predicted molar refractivity (Wildman–Crippen MR) is 148 cm³/mol. The van der Waals surface area contributed by atoms with Crippen molar-refractivity contribution in [3.63, 3.8) is 0 Å². The minimum atomic E-state index is -0.287. The van der Waals surface area contributed by atoms with Crippen LogP contribution in [0.4, 0.5) is 4.79 Å². The number of likely N-dealkylation sites (tertiary alicyclic amines) is 1. The molecule has 3 heterocycles. The first-order chi connectivity index (χ1) is 18.6. The average molecular weight is 507 g/mol. The minimum Gasteiger partial charge on any atom is -0.445 e. The summed E-state index contributed by atoms with van der Waals surface area (Å²) in [6.07, 6.45) is 1.23. The van der Waals surface area contributed by atoms with Crippen molar-refractivity contribution in [3.05, 3.63) is 112 Å². The molecule has 0 radical (unpaired) electrons. The van der Waals surface area contributed by atoms with Crippen LogP contribution in [0.15, 0.2) is 89.7 Å².